The van der Waals surface area contributed by atoms with Crippen LogP contribution in [0.4, 0.5) is 5.69 Å². The second-order valence-electron chi connectivity index (χ2n) is 4.96. The predicted molar refractivity (Wildman–Crippen MR) is 77.9 cm³/mol. The molecule has 0 spiro atoms. The van der Waals surface area contributed by atoms with Crippen LogP contribution in [0.1, 0.15) is 40.2 Å². The van der Waals surface area contributed by atoms with Gasteiger partial charge in [-0.05, 0) is 23.1 Å². The Morgan fingerprint density at radius 3 is 2.29 bits per heavy atom. The lowest BCUT2D eigenvalue weighted by atomic mass is 9.87. The highest BCUT2D eigenvalue weighted by Gasteiger charge is 2.17. The first kappa shape index (κ1) is 13.6. The van der Waals surface area contributed by atoms with Gasteiger partial charge in [0.1, 0.15) is 0 Å². The van der Waals surface area contributed by atoms with Crippen LogP contribution in [-0.4, -0.2) is 12.0 Å². The second-order valence-corrected chi connectivity index (χ2v) is 4.96. The molecule has 0 bridgehead atoms. The minimum absolute atomic E-state index is 0.194. The Morgan fingerprint density at radius 2 is 1.76 bits per heavy atom. The number of benzene rings is 1. The standard InChI is InChI=1S/C13H18N2.C2H6/c1-13(2,3)11-8-15-12-7-9(14-4)5-6-10(11)12;1-2/h5-8,14-15H,1-4H3;1-2H3. The van der Waals surface area contributed by atoms with Crippen LogP contribution in [0.5, 0.6) is 0 Å². The Balaban J connectivity index is 0.000000686. The number of hydrogen-bond donors (Lipinski definition) is 2. The van der Waals surface area contributed by atoms with Crippen LogP contribution in [0.15, 0.2) is 24.4 Å². The van der Waals surface area contributed by atoms with Crippen molar-refractivity contribution < 1.29 is 0 Å². The number of H-pyrrole nitrogens is 1. The second kappa shape index (κ2) is 5.26. The van der Waals surface area contributed by atoms with E-state index in [2.05, 4.69) is 55.5 Å². The summed E-state index contributed by atoms with van der Waals surface area (Å²) in [4.78, 5) is 3.33. The summed E-state index contributed by atoms with van der Waals surface area (Å²) in [6.07, 6.45) is 2.12. The van der Waals surface area contributed by atoms with Crippen molar-refractivity contribution >= 4 is 16.6 Å². The van der Waals surface area contributed by atoms with Crippen LogP contribution in [0.2, 0.25) is 0 Å². The molecule has 2 nitrogen and oxygen atoms in total. The first-order chi connectivity index (χ1) is 8.02. The molecule has 2 heteroatoms. The number of hydrogen-bond acceptors (Lipinski definition) is 1. The molecule has 0 aliphatic heterocycles. The highest BCUT2D eigenvalue weighted by atomic mass is 14.8. The van der Waals surface area contributed by atoms with Gasteiger partial charge in [-0.2, -0.15) is 0 Å². The molecule has 0 radical (unpaired) electrons. The monoisotopic (exact) mass is 232 g/mol. The molecule has 17 heavy (non-hydrogen) atoms. The van der Waals surface area contributed by atoms with E-state index in [1.165, 1.54) is 16.5 Å². The van der Waals surface area contributed by atoms with Crippen molar-refractivity contribution in [3.63, 3.8) is 0 Å². The molecule has 94 valence electrons. The Bertz CT molecular complexity index is 475. The van der Waals surface area contributed by atoms with Crippen LogP contribution in [-0.2, 0) is 5.41 Å². The van der Waals surface area contributed by atoms with E-state index >= 15 is 0 Å². The van der Waals surface area contributed by atoms with Crippen LogP contribution in [0, 0.1) is 0 Å². The fourth-order valence-electron chi connectivity index (χ4n) is 1.90. The third-order valence-corrected chi connectivity index (χ3v) is 2.78. The van der Waals surface area contributed by atoms with Gasteiger partial charge in [-0.1, -0.05) is 40.7 Å². The lowest BCUT2D eigenvalue weighted by Gasteiger charge is -2.17. The first-order valence-corrected chi connectivity index (χ1v) is 6.32. The van der Waals surface area contributed by atoms with Gasteiger partial charge in [0.2, 0.25) is 0 Å². The quantitative estimate of drug-likeness (QED) is 0.742. The van der Waals surface area contributed by atoms with Gasteiger partial charge in [0, 0.05) is 29.8 Å². The average Bonchev–Trinajstić information content (AvgIpc) is 2.73. The largest absolute Gasteiger partial charge is 0.388 e. The number of rotatable bonds is 1. The molecular formula is C15H24N2. The van der Waals surface area contributed by atoms with Gasteiger partial charge in [0.25, 0.3) is 0 Å². The molecule has 2 rings (SSSR count). The van der Waals surface area contributed by atoms with Gasteiger partial charge >= 0.3 is 0 Å². The molecule has 0 atom stereocenters. The molecule has 1 aromatic carbocycles. The topological polar surface area (TPSA) is 27.8 Å². The maximum Gasteiger partial charge on any atom is 0.0477 e. The number of aromatic amines is 1. The summed E-state index contributed by atoms with van der Waals surface area (Å²) in [7, 11) is 1.94. The summed E-state index contributed by atoms with van der Waals surface area (Å²) >= 11 is 0. The molecule has 1 heterocycles. The molecule has 0 aliphatic rings. The Hall–Kier alpha value is -1.44. The lowest BCUT2D eigenvalue weighted by molar-refractivity contribution is 0.596. The molecule has 0 fully saturated rings. The van der Waals surface area contributed by atoms with Gasteiger partial charge in [-0.25, -0.2) is 0 Å². The van der Waals surface area contributed by atoms with E-state index in [1.807, 2.05) is 20.9 Å². The fourth-order valence-corrected chi connectivity index (χ4v) is 1.90. The number of nitrogens with one attached hydrogen (secondary N) is 2. The van der Waals surface area contributed by atoms with Crippen molar-refractivity contribution in [1.82, 2.24) is 4.98 Å². The van der Waals surface area contributed by atoms with Gasteiger partial charge in [0.15, 0.2) is 0 Å². The van der Waals surface area contributed by atoms with Gasteiger partial charge in [-0.3, -0.25) is 0 Å². The smallest absolute Gasteiger partial charge is 0.0477 e. The molecule has 0 amide bonds. The highest BCUT2D eigenvalue weighted by molar-refractivity contribution is 5.87. The minimum atomic E-state index is 0.194. The molecule has 1 aromatic heterocycles. The zero-order valence-electron chi connectivity index (χ0n) is 11.8. The summed E-state index contributed by atoms with van der Waals surface area (Å²) in [5.74, 6) is 0. The number of anilines is 1. The summed E-state index contributed by atoms with van der Waals surface area (Å²) in [5, 5.41) is 4.47. The third-order valence-electron chi connectivity index (χ3n) is 2.78. The van der Waals surface area contributed by atoms with Crippen LogP contribution in [0.25, 0.3) is 10.9 Å². The third kappa shape index (κ3) is 2.82. The zero-order valence-corrected chi connectivity index (χ0v) is 11.8. The lowest BCUT2D eigenvalue weighted by Crippen LogP contribution is -2.09. The molecule has 0 unspecified atom stereocenters. The van der Waals surface area contributed by atoms with Gasteiger partial charge in [-0.15, -0.1) is 0 Å². The molecule has 0 aliphatic carbocycles. The van der Waals surface area contributed by atoms with Crippen molar-refractivity contribution in [3.8, 4) is 0 Å². The van der Waals surface area contributed by atoms with Crippen molar-refractivity contribution in [2.75, 3.05) is 12.4 Å². The van der Waals surface area contributed by atoms with Crippen molar-refractivity contribution in [3.05, 3.63) is 30.0 Å². The van der Waals surface area contributed by atoms with E-state index in [0.717, 1.165) is 5.69 Å². The Labute approximate surface area is 104 Å². The van der Waals surface area contributed by atoms with E-state index in [9.17, 15) is 0 Å². The van der Waals surface area contributed by atoms with E-state index in [-0.39, 0.29) is 5.41 Å². The Kier molecular flexibility index (Phi) is 4.22. The number of aromatic nitrogens is 1. The Morgan fingerprint density at radius 1 is 1.12 bits per heavy atom. The fraction of sp³-hybridized carbons (Fsp3) is 0.467. The molecule has 2 N–H and O–H groups in total. The van der Waals surface area contributed by atoms with Crippen LogP contribution in [0.3, 0.4) is 0 Å². The summed E-state index contributed by atoms with van der Waals surface area (Å²) in [6.45, 7) is 10.7. The number of fused-ring (bicyclic) bond motifs is 1. The van der Waals surface area contributed by atoms with E-state index in [1.54, 1.807) is 0 Å². The predicted octanol–water partition coefficient (Wildman–Crippen LogP) is 4.53. The molecule has 0 saturated carbocycles. The summed E-state index contributed by atoms with van der Waals surface area (Å²) < 4.78 is 0. The van der Waals surface area contributed by atoms with Crippen molar-refractivity contribution in [1.29, 1.82) is 0 Å². The minimum Gasteiger partial charge on any atom is -0.388 e. The normalized spacial score (nSPS) is 10.9. The van der Waals surface area contributed by atoms with Crippen LogP contribution >= 0.6 is 0 Å². The van der Waals surface area contributed by atoms with E-state index in [4.69, 9.17) is 0 Å². The highest BCUT2D eigenvalue weighted by Crippen LogP contribution is 2.30. The van der Waals surface area contributed by atoms with Crippen molar-refractivity contribution in [2.45, 2.75) is 40.0 Å². The maximum absolute atomic E-state index is 3.33. The zero-order chi connectivity index (χ0) is 13.1. The van der Waals surface area contributed by atoms with Gasteiger partial charge < -0.3 is 10.3 Å². The van der Waals surface area contributed by atoms with Gasteiger partial charge in [0.05, 0.1) is 0 Å². The van der Waals surface area contributed by atoms with E-state index in [0.29, 0.717) is 0 Å². The molecule has 2 aromatic rings. The summed E-state index contributed by atoms with van der Waals surface area (Å²) in [6, 6.07) is 6.44. The molecular weight excluding hydrogens is 208 g/mol. The maximum atomic E-state index is 3.33. The summed E-state index contributed by atoms with van der Waals surface area (Å²) in [5.41, 5.74) is 3.91. The van der Waals surface area contributed by atoms with Crippen LogP contribution < -0.4 is 5.32 Å². The first-order valence-electron chi connectivity index (χ1n) is 6.32. The SMILES string of the molecule is CC.CNc1ccc2c(C(C)(C)C)c[nH]c2c1. The average molecular weight is 232 g/mol. The molecule has 0 saturated heterocycles. The van der Waals surface area contributed by atoms with E-state index < -0.39 is 0 Å². The van der Waals surface area contributed by atoms with Crippen molar-refractivity contribution in [2.24, 2.45) is 0 Å².